The van der Waals surface area contributed by atoms with E-state index < -0.39 is 0 Å². The third-order valence-electron chi connectivity index (χ3n) is 5.64. The van der Waals surface area contributed by atoms with Gasteiger partial charge in [-0.25, -0.2) is 0 Å². The van der Waals surface area contributed by atoms with Crippen LogP contribution >= 0.6 is 24.0 Å². The molecule has 2 aromatic rings. The molecular weight excluding hydrogens is 533 g/mol. The number of anilines is 1. The molecule has 0 bridgehead atoms. The Bertz CT molecular complexity index is 953. The number of primary amides is 1. The summed E-state index contributed by atoms with van der Waals surface area (Å²) >= 11 is 0. The number of benzene rings is 2. The van der Waals surface area contributed by atoms with E-state index in [2.05, 4.69) is 44.8 Å². The van der Waals surface area contributed by atoms with Gasteiger partial charge in [-0.15, -0.1) is 24.0 Å². The Hall–Kier alpha value is -2.53. The van der Waals surface area contributed by atoms with Gasteiger partial charge in [0.05, 0.1) is 20.1 Å². The largest absolute Gasteiger partial charge is 0.493 e. The van der Waals surface area contributed by atoms with Crippen molar-refractivity contribution in [3.05, 3.63) is 53.6 Å². The first-order valence-corrected chi connectivity index (χ1v) is 10.8. The van der Waals surface area contributed by atoms with Gasteiger partial charge >= 0.3 is 0 Å². The van der Waals surface area contributed by atoms with Gasteiger partial charge in [0.2, 0.25) is 5.91 Å². The second-order valence-electron chi connectivity index (χ2n) is 7.92. The van der Waals surface area contributed by atoms with Crippen molar-refractivity contribution in [2.45, 2.75) is 25.9 Å². The van der Waals surface area contributed by atoms with Crippen molar-refractivity contribution < 1.29 is 14.3 Å². The number of carbonyl (C=O) groups excluding carboxylic acids is 1. The van der Waals surface area contributed by atoms with Gasteiger partial charge in [-0.3, -0.25) is 14.7 Å². The van der Waals surface area contributed by atoms with Crippen LogP contribution in [0.2, 0.25) is 0 Å². The van der Waals surface area contributed by atoms with E-state index in [1.807, 2.05) is 18.2 Å². The summed E-state index contributed by atoms with van der Waals surface area (Å²) in [5, 5.41) is 6.62. The fourth-order valence-electron chi connectivity index (χ4n) is 3.94. The number of likely N-dealkylation sites (tertiary alicyclic amines) is 1. The summed E-state index contributed by atoms with van der Waals surface area (Å²) in [6.45, 7) is 3.18. The Kier molecular flexibility index (Phi) is 10.7. The maximum Gasteiger partial charge on any atom is 0.221 e. The third kappa shape index (κ3) is 7.78. The highest BCUT2D eigenvalue weighted by Gasteiger charge is 2.23. The van der Waals surface area contributed by atoms with E-state index in [0.29, 0.717) is 24.0 Å². The molecular formula is C24H34IN5O3. The van der Waals surface area contributed by atoms with Crippen molar-refractivity contribution in [1.82, 2.24) is 10.2 Å². The first-order chi connectivity index (χ1) is 15.5. The Morgan fingerprint density at radius 2 is 1.91 bits per heavy atom. The quantitative estimate of drug-likeness (QED) is 0.258. The number of nitrogens with two attached hydrogens (primary N) is 1. The number of guanidine groups is 1. The van der Waals surface area contributed by atoms with Crippen LogP contribution in [0.5, 0.6) is 11.5 Å². The molecule has 1 fully saturated rings. The molecule has 0 aliphatic carbocycles. The highest BCUT2D eigenvalue weighted by molar-refractivity contribution is 14.0. The van der Waals surface area contributed by atoms with Crippen LogP contribution in [0, 0.1) is 5.92 Å². The lowest BCUT2D eigenvalue weighted by Gasteiger charge is -2.31. The highest BCUT2D eigenvalue weighted by atomic mass is 127. The minimum absolute atomic E-state index is 0. The van der Waals surface area contributed by atoms with Gasteiger partial charge in [-0.2, -0.15) is 0 Å². The fourth-order valence-corrected chi connectivity index (χ4v) is 3.94. The van der Waals surface area contributed by atoms with Gasteiger partial charge in [0.25, 0.3) is 0 Å². The lowest BCUT2D eigenvalue weighted by Crippen LogP contribution is -2.40. The van der Waals surface area contributed by atoms with Crippen LogP contribution in [0.4, 0.5) is 5.69 Å². The average Bonchev–Trinajstić information content (AvgIpc) is 2.82. The van der Waals surface area contributed by atoms with Crippen molar-refractivity contribution in [1.29, 1.82) is 0 Å². The minimum Gasteiger partial charge on any atom is -0.493 e. The molecule has 3 rings (SSSR count). The smallest absolute Gasteiger partial charge is 0.221 e. The SMILES string of the molecule is CN=C(NCc1cccc(CN2CCCC(C(N)=O)C2)c1)Nc1ccc(OC)c(OC)c1.I. The van der Waals surface area contributed by atoms with Crippen molar-refractivity contribution in [2.24, 2.45) is 16.6 Å². The summed E-state index contributed by atoms with van der Waals surface area (Å²) in [5.41, 5.74) is 8.73. The Labute approximate surface area is 212 Å². The number of hydrogen-bond donors (Lipinski definition) is 3. The number of halogens is 1. The van der Waals surface area contributed by atoms with Gasteiger partial charge in [-0.1, -0.05) is 24.3 Å². The van der Waals surface area contributed by atoms with E-state index in [1.165, 1.54) is 5.56 Å². The minimum atomic E-state index is -0.194. The number of carbonyl (C=O) groups is 1. The van der Waals surface area contributed by atoms with Crippen LogP contribution in [0.3, 0.4) is 0 Å². The first-order valence-electron chi connectivity index (χ1n) is 10.8. The highest BCUT2D eigenvalue weighted by Crippen LogP contribution is 2.29. The number of amides is 1. The lowest BCUT2D eigenvalue weighted by molar-refractivity contribution is -0.123. The lowest BCUT2D eigenvalue weighted by atomic mass is 9.97. The number of rotatable bonds is 8. The van der Waals surface area contributed by atoms with E-state index in [4.69, 9.17) is 15.2 Å². The van der Waals surface area contributed by atoms with Crippen molar-refractivity contribution in [3.63, 3.8) is 0 Å². The number of aliphatic imine (C=N–C) groups is 1. The number of hydrogen-bond acceptors (Lipinski definition) is 5. The molecule has 1 unspecified atom stereocenters. The van der Waals surface area contributed by atoms with Crippen LogP contribution in [-0.2, 0) is 17.9 Å². The second kappa shape index (κ2) is 13.2. The molecule has 1 aliphatic heterocycles. The summed E-state index contributed by atoms with van der Waals surface area (Å²) in [7, 11) is 4.96. The maximum atomic E-state index is 11.5. The van der Waals surface area contributed by atoms with Crippen molar-refractivity contribution >= 4 is 41.5 Å². The Morgan fingerprint density at radius 1 is 1.15 bits per heavy atom. The summed E-state index contributed by atoms with van der Waals surface area (Å²) in [4.78, 5) is 18.2. The number of ether oxygens (including phenoxy) is 2. The summed E-state index contributed by atoms with van der Waals surface area (Å²) in [5.74, 6) is 1.74. The summed E-state index contributed by atoms with van der Waals surface area (Å²) < 4.78 is 10.6. The van der Waals surface area contributed by atoms with E-state index in [1.54, 1.807) is 21.3 Å². The molecule has 2 aromatic carbocycles. The van der Waals surface area contributed by atoms with Gasteiger partial charge < -0.3 is 25.8 Å². The number of nitrogens with one attached hydrogen (secondary N) is 2. The van der Waals surface area contributed by atoms with Gasteiger partial charge in [0.1, 0.15) is 0 Å². The van der Waals surface area contributed by atoms with Crippen LogP contribution in [0.1, 0.15) is 24.0 Å². The maximum absolute atomic E-state index is 11.5. The van der Waals surface area contributed by atoms with Crippen molar-refractivity contribution in [3.8, 4) is 11.5 Å². The molecule has 1 heterocycles. The summed E-state index contributed by atoms with van der Waals surface area (Å²) in [6.07, 6.45) is 1.90. The number of methoxy groups -OCH3 is 2. The van der Waals surface area contributed by atoms with E-state index in [0.717, 1.165) is 43.7 Å². The monoisotopic (exact) mass is 567 g/mol. The van der Waals surface area contributed by atoms with Crippen LogP contribution in [0.25, 0.3) is 0 Å². The molecule has 4 N–H and O–H groups in total. The zero-order valence-electron chi connectivity index (χ0n) is 19.5. The molecule has 0 spiro atoms. The van der Waals surface area contributed by atoms with Crippen LogP contribution < -0.4 is 25.8 Å². The summed E-state index contributed by atoms with van der Waals surface area (Å²) in [6, 6.07) is 14.1. The molecule has 8 nitrogen and oxygen atoms in total. The first kappa shape index (κ1) is 26.7. The normalized spacial score (nSPS) is 16.5. The fraction of sp³-hybridized carbons (Fsp3) is 0.417. The van der Waals surface area contributed by atoms with Gasteiger partial charge in [-0.05, 0) is 42.6 Å². The topological polar surface area (TPSA) is 101 Å². The van der Waals surface area contributed by atoms with Gasteiger partial charge in [0.15, 0.2) is 17.5 Å². The van der Waals surface area contributed by atoms with Crippen LogP contribution in [0.15, 0.2) is 47.5 Å². The van der Waals surface area contributed by atoms with E-state index in [9.17, 15) is 4.79 Å². The molecule has 180 valence electrons. The second-order valence-corrected chi connectivity index (χ2v) is 7.92. The molecule has 1 atom stereocenters. The third-order valence-corrected chi connectivity index (χ3v) is 5.64. The molecule has 1 aliphatic rings. The predicted molar refractivity (Wildman–Crippen MR) is 142 cm³/mol. The molecule has 9 heteroatoms. The van der Waals surface area contributed by atoms with E-state index in [-0.39, 0.29) is 35.8 Å². The zero-order valence-corrected chi connectivity index (χ0v) is 21.8. The number of nitrogens with zero attached hydrogens (tertiary/aromatic N) is 2. The molecule has 0 radical (unpaired) electrons. The molecule has 0 saturated carbocycles. The Morgan fingerprint density at radius 3 is 2.61 bits per heavy atom. The molecule has 1 amide bonds. The average molecular weight is 567 g/mol. The Balaban J connectivity index is 0.00000385. The predicted octanol–water partition coefficient (Wildman–Crippen LogP) is 3.21. The van der Waals surface area contributed by atoms with Crippen molar-refractivity contribution in [2.75, 3.05) is 39.7 Å². The standard InChI is InChI=1S/C24H33N5O3.HI/c1-26-24(28-20-9-10-21(31-2)22(13-20)32-3)27-14-17-6-4-7-18(12-17)15-29-11-5-8-19(16-29)23(25)30;/h4,6-7,9-10,12-13,19H,5,8,11,14-16H2,1-3H3,(H2,25,30)(H2,26,27,28);1H. The van der Waals surface area contributed by atoms with E-state index >= 15 is 0 Å². The molecule has 33 heavy (non-hydrogen) atoms. The molecule has 0 aromatic heterocycles. The number of piperidine rings is 1. The zero-order chi connectivity index (χ0) is 22.9. The van der Waals surface area contributed by atoms with Gasteiger partial charge in [0, 0.05) is 38.4 Å². The van der Waals surface area contributed by atoms with Crippen LogP contribution in [-0.4, -0.2) is 51.1 Å². The molecule has 1 saturated heterocycles.